The summed E-state index contributed by atoms with van der Waals surface area (Å²) in [5.41, 5.74) is -0.332. The van der Waals surface area contributed by atoms with Crippen molar-refractivity contribution in [2.24, 2.45) is 5.92 Å². The summed E-state index contributed by atoms with van der Waals surface area (Å²) in [4.78, 5) is 0.435. The van der Waals surface area contributed by atoms with Crippen LogP contribution in [-0.2, 0) is 24.6 Å². The fraction of sp³-hybridized carbons (Fsp3) is 0.500. The molecule has 232 valence electrons. The second-order valence-electron chi connectivity index (χ2n) is 12.3. The lowest BCUT2D eigenvalue weighted by Gasteiger charge is -2.38. The number of nitrogens with zero attached hydrogens (tertiary/aromatic N) is 1. The molecule has 3 aromatic carbocycles. The maximum atomic E-state index is 13.4. The van der Waals surface area contributed by atoms with Crippen LogP contribution in [0, 0.1) is 5.92 Å². The van der Waals surface area contributed by atoms with Gasteiger partial charge >= 0.3 is 0 Å². The number of sulfonamides is 1. The van der Waals surface area contributed by atoms with E-state index in [9.17, 15) is 27.0 Å². The third-order valence-electron chi connectivity index (χ3n) is 9.41. The second kappa shape index (κ2) is 11.8. The summed E-state index contributed by atoms with van der Waals surface area (Å²) in [6.07, 6.45) is 3.54. The normalized spacial score (nSPS) is 22.5. The van der Waals surface area contributed by atoms with E-state index in [1.165, 1.54) is 12.1 Å². The number of hydrogen-bond acceptors (Lipinski definition) is 8. The highest BCUT2D eigenvalue weighted by Gasteiger charge is 2.54. The van der Waals surface area contributed by atoms with Crippen LogP contribution >= 0.6 is 0 Å². The van der Waals surface area contributed by atoms with Crippen LogP contribution in [0.2, 0.25) is 0 Å². The minimum atomic E-state index is -3.65. The summed E-state index contributed by atoms with van der Waals surface area (Å²) in [7, 11) is -7.24. The molecule has 6 rings (SSSR count). The Kier molecular flexibility index (Phi) is 8.33. The summed E-state index contributed by atoms with van der Waals surface area (Å²) in [6, 6.07) is 19.2. The number of aliphatic hydroxyl groups is 2. The number of sulfone groups is 1. The Morgan fingerprint density at radius 1 is 0.907 bits per heavy atom. The Morgan fingerprint density at radius 3 is 2.37 bits per heavy atom. The molecule has 1 aliphatic carbocycles. The molecule has 0 unspecified atom stereocenters. The quantitative estimate of drug-likeness (QED) is 0.327. The van der Waals surface area contributed by atoms with E-state index in [1.54, 1.807) is 28.6 Å². The van der Waals surface area contributed by atoms with Crippen LogP contribution in [0.3, 0.4) is 0 Å². The average molecular weight is 630 g/mol. The minimum absolute atomic E-state index is 0.0367. The SMILES string of the molecule is O=S(=O)(c1ccc2ccccc2c1)N1CCC2(CC1)C[C@@H](CC[C@H](O)COc1cccc(S(=O)(=O)C3(CO)CC3)c1)CO2. The molecular formula is C32H39NO8S2. The van der Waals surface area contributed by atoms with Gasteiger partial charge in [-0.2, -0.15) is 4.31 Å². The van der Waals surface area contributed by atoms with Gasteiger partial charge < -0.3 is 19.7 Å². The van der Waals surface area contributed by atoms with Gasteiger partial charge in [-0.15, -0.1) is 0 Å². The summed E-state index contributed by atoms with van der Waals surface area (Å²) < 4.78 is 65.0. The molecule has 2 N–H and O–H groups in total. The Bertz CT molecular complexity index is 1680. The first-order valence-electron chi connectivity index (χ1n) is 15.0. The zero-order valence-corrected chi connectivity index (χ0v) is 25.7. The molecule has 1 spiro atoms. The Labute approximate surface area is 253 Å². The highest BCUT2D eigenvalue weighted by Crippen LogP contribution is 2.46. The van der Waals surface area contributed by atoms with E-state index in [4.69, 9.17) is 9.47 Å². The molecule has 9 nitrogen and oxygen atoms in total. The molecule has 2 aliphatic heterocycles. The summed E-state index contributed by atoms with van der Waals surface area (Å²) in [5, 5.41) is 22.1. The maximum absolute atomic E-state index is 13.4. The van der Waals surface area contributed by atoms with Crippen LogP contribution in [0.15, 0.2) is 76.5 Å². The fourth-order valence-electron chi connectivity index (χ4n) is 6.42. The van der Waals surface area contributed by atoms with E-state index < -0.39 is 37.3 Å². The lowest BCUT2D eigenvalue weighted by Crippen LogP contribution is -2.46. The van der Waals surface area contributed by atoms with Gasteiger partial charge in [0, 0.05) is 13.1 Å². The van der Waals surface area contributed by atoms with Gasteiger partial charge in [0.15, 0.2) is 9.84 Å². The Balaban J connectivity index is 0.971. The van der Waals surface area contributed by atoms with Crippen molar-refractivity contribution in [2.45, 2.75) is 71.2 Å². The smallest absolute Gasteiger partial charge is 0.243 e. The van der Waals surface area contributed by atoms with Gasteiger partial charge in [-0.25, -0.2) is 16.8 Å². The summed E-state index contributed by atoms with van der Waals surface area (Å²) in [5.74, 6) is 0.627. The largest absolute Gasteiger partial charge is 0.491 e. The van der Waals surface area contributed by atoms with E-state index in [2.05, 4.69) is 0 Å². The molecule has 11 heteroatoms. The first kappa shape index (κ1) is 30.5. The first-order valence-corrected chi connectivity index (χ1v) is 17.9. The third kappa shape index (κ3) is 6.08. The fourth-order valence-corrected chi connectivity index (χ4v) is 9.74. The van der Waals surface area contributed by atoms with Crippen molar-refractivity contribution in [1.82, 2.24) is 4.31 Å². The first-order chi connectivity index (χ1) is 20.6. The lowest BCUT2D eigenvalue weighted by atomic mass is 9.84. The Hall–Kier alpha value is -2.54. The summed E-state index contributed by atoms with van der Waals surface area (Å²) in [6.45, 7) is 1.04. The van der Waals surface area contributed by atoms with Crippen LogP contribution in [0.25, 0.3) is 10.8 Å². The molecule has 0 radical (unpaired) electrons. The number of fused-ring (bicyclic) bond motifs is 1. The minimum Gasteiger partial charge on any atom is -0.491 e. The monoisotopic (exact) mass is 629 g/mol. The number of ether oxygens (including phenoxy) is 2. The molecule has 0 amide bonds. The van der Waals surface area contributed by atoms with Crippen molar-refractivity contribution in [2.75, 3.05) is 32.9 Å². The molecular weight excluding hydrogens is 590 g/mol. The highest BCUT2D eigenvalue weighted by molar-refractivity contribution is 7.93. The molecule has 2 atom stereocenters. The number of piperidine rings is 1. The molecule has 2 saturated heterocycles. The lowest BCUT2D eigenvalue weighted by molar-refractivity contribution is -0.0314. The predicted octanol–water partition coefficient (Wildman–Crippen LogP) is 3.92. The van der Waals surface area contributed by atoms with Crippen molar-refractivity contribution >= 4 is 30.6 Å². The van der Waals surface area contributed by atoms with Gasteiger partial charge in [0.1, 0.15) is 12.4 Å². The van der Waals surface area contributed by atoms with E-state index in [1.807, 2.05) is 30.3 Å². The molecule has 3 aromatic rings. The van der Waals surface area contributed by atoms with Gasteiger partial charge in [0.05, 0.1) is 39.5 Å². The molecule has 2 heterocycles. The zero-order chi connectivity index (χ0) is 30.3. The molecule has 3 fully saturated rings. The number of rotatable bonds is 11. The predicted molar refractivity (Wildman–Crippen MR) is 162 cm³/mol. The van der Waals surface area contributed by atoms with Gasteiger partial charge in [-0.1, -0.05) is 36.4 Å². The van der Waals surface area contributed by atoms with Gasteiger partial charge in [-0.05, 0) is 92.0 Å². The van der Waals surface area contributed by atoms with Crippen molar-refractivity contribution in [1.29, 1.82) is 0 Å². The van der Waals surface area contributed by atoms with E-state index >= 15 is 0 Å². The molecule has 43 heavy (non-hydrogen) atoms. The van der Waals surface area contributed by atoms with Gasteiger partial charge in [0.2, 0.25) is 10.0 Å². The van der Waals surface area contributed by atoms with Crippen molar-refractivity contribution in [3.63, 3.8) is 0 Å². The van der Waals surface area contributed by atoms with Gasteiger partial charge in [0.25, 0.3) is 0 Å². The van der Waals surface area contributed by atoms with E-state index in [0.29, 0.717) is 62.4 Å². The Morgan fingerprint density at radius 2 is 1.65 bits per heavy atom. The highest BCUT2D eigenvalue weighted by atomic mass is 32.2. The summed E-state index contributed by atoms with van der Waals surface area (Å²) >= 11 is 0. The van der Waals surface area contributed by atoms with Crippen LogP contribution in [-0.4, -0.2) is 80.7 Å². The number of benzene rings is 3. The van der Waals surface area contributed by atoms with E-state index in [0.717, 1.165) is 23.6 Å². The molecule has 0 aromatic heterocycles. The average Bonchev–Trinajstić information content (AvgIpc) is 3.75. The number of hydrogen-bond donors (Lipinski definition) is 2. The second-order valence-corrected chi connectivity index (χ2v) is 16.6. The molecule has 0 bridgehead atoms. The third-order valence-corrected chi connectivity index (χ3v) is 13.9. The van der Waals surface area contributed by atoms with Crippen LogP contribution in [0.1, 0.15) is 44.9 Å². The number of aliphatic hydroxyl groups excluding tert-OH is 2. The van der Waals surface area contributed by atoms with Crippen molar-refractivity contribution < 1.29 is 36.5 Å². The topological polar surface area (TPSA) is 130 Å². The zero-order valence-electron chi connectivity index (χ0n) is 24.1. The van der Waals surface area contributed by atoms with Gasteiger partial charge in [-0.3, -0.25) is 0 Å². The molecule has 3 aliphatic rings. The van der Waals surface area contributed by atoms with Crippen LogP contribution < -0.4 is 4.74 Å². The van der Waals surface area contributed by atoms with Crippen LogP contribution in [0.5, 0.6) is 5.75 Å². The standard InChI is InChI=1S/C32H39NO8S2/c34-23-32(12-13-32)42(36,37)29-7-3-6-28(19-29)40-22-27(35)10-8-24-20-31(41-21-24)14-16-33(17-15-31)43(38,39)30-11-9-25-4-1-2-5-26(25)18-30/h1-7,9,11,18-19,24,27,34-35H,8,10,12-17,20-23H2/t24-,27+/m1/s1. The van der Waals surface area contributed by atoms with Crippen molar-refractivity contribution in [3.8, 4) is 5.75 Å². The van der Waals surface area contributed by atoms with Crippen LogP contribution in [0.4, 0.5) is 0 Å². The maximum Gasteiger partial charge on any atom is 0.243 e. The molecule has 1 saturated carbocycles. The van der Waals surface area contributed by atoms with E-state index in [-0.39, 0.29) is 23.0 Å². The van der Waals surface area contributed by atoms with Crippen molar-refractivity contribution in [3.05, 3.63) is 66.7 Å².